The molecule has 3 rings (SSSR count). The number of H-pyrrole nitrogens is 1. The Morgan fingerprint density at radius 3 is 2.86 bits per heavy atom. The number of hydrogen-bond acceptors (Lipinski definition) is 5. The van der Waals surface area contributed by atoms with Gasteiger partial charge in [0.15, 0.2) is 0 Å². The normalized spacial score (nSPS) is 23.7. The van der Waals surface area contributed by atoms with Gasteiger partial charge in [0, 0.05) is 25.6 Å². The molecule has 1 amide bonds. The molecule has 1 aromatic rings. The molecule has 7 nitrogen and oxygen atoms in total. The Morgan fingerprint density at radius 1 is 1.32 bits per heavy atom. The summed E-state index contributed by atoms with van der Waals surface area (Å²) >= 11 is 0. The predicted octanol–water partition coefficient (Wildman–Crippen LogP) is 0.700. The van der Waals surface area contributed by atoms with E-state index in [0.29, 0.717) is 24.8 Å². The molecule has 122 valence electrons. The van der Waals surface area contributed by atoms with Crippen LogP contribution in [0.2, 0.25) is 0 Å². The summed E-state index contributed by atoms with van der Waals surface area (Å²) in [6.07, 6.45) is 8.08. The van der Waals surface area contributed by atoms with Crippen molar-refractivity contribution in [2.24, 2.45) is 5.92 Å². The molecule has 1 saturated carbocycles. The molecule has 4 N–H and O–H groups in total. The first-order chi connectivity index (χ1) is 10.7. The van der Waals surface area contributed by atoms with E-state index in [2.05, 4.69) is 25.4 Å². The number of nitrogen functional groups attached to an aromatic ring is 1. The van der Waals surface area contributed by atoms with Crippen molar-refractivity contribution in [2.75, 3.05) is 25.4 Å². The van der Waals surface area contributed by atoms with E-state index in [9.17, 15) is 4.79 Å². The SMILES string of the molecule is Nc1n[nH]c(CCNC(=O)[C@@H]2CCCN(C3CCCC3)C2)n1. The van der Waals surface area contributed by atoms with Gasteiger partial charge in [-0.3, -0.25) is 14.8 Å². The van der Waals surface area contributed by atoms with Gasteiger partial charge in [-0.05, 0) is 32.2 Å². The lowest BCUT2D eigenvalue weighted by Gasteiger charge is -2.36. The second-order valence-corrected chi connectivity index (χ2v) is 6.45. The van der Waals surface area contributed by atoms with Crippen LogP contribution in [-0.2, 0) is 11.2 Å². The number of aromatic amines is 1. The van der Waals surface area contributed by atoms with Crippen LogP contribution in [0.15, 0.2) is 0 Å². The third-order valence-corrected chi connectivity index (χ3v) is 4.87. The first-order valence-corrected chi connectivity index (χ1v) is 8.41. The first-order valence-electron chi connectivity index (χ1n) is 8.41. The summed E-state index contributed by atoms with van der Waals surface area (Å²) in [5.41, 5.74) is 5.46. The summed E-state index contributed by atoms with van der Waals surface area (Å²) in [7, 11) is 0. The second kappa shape index (κ2) is 7.09. The maximum absolute atomic E-state index is 12.3. The summed E-state index contributed by atoms with van der Waals surface area (Å²) in [6, 6.07) is 0.716. The highest BCUT2D eigenvalue weighted by Crippen LogP contribution is 2.27. The summed E-state index contributed by atoms with van der Waals surface area (Å²) in [5, 5.41) is 9.56. The van der Waals surface area contributed by atoms with E-state index in [1.807, 2.05) is 0 Å². The molecule has 0 unspecified atom stereocenters. The number of anilines is 1. The van der Waals surface area contributed by atoms with Crippen molar-refractivity contribution in [3.63, 3.8) is 0 Å². The molecule has 0 bridgehead atoms. The lowest BCUT2D eigenvalue weighted by Crippen LogP contribution is -2.46. The molecule has 1 atom stereocenters. The smallest absolute Gasteiger partial charge is 0.239 e. The van der Waals surface area contributed by atoms with Crippen LogP contribution in [0.25, 0.3) is 0 Å². The van der Waals surface area contributed by atoms with Gasteiger partial charge in [0.25, 0.3) is 0 Å². The van der Waals surface area contributed by atoms with E-state index in [1.54, 1.807) is 0 Å². The van der Waals surface area contributed by atoms with E-state index in [-0.39, 0.29) is 17.8 Å². The largest absolute Gasteiger partial charge is 0.367 e. The monoisotopic (exact) mass is 306 g/mol. The van der Waals surface area contributed by atoms with Crippen LogP contribution in [-0.4, -0.2) is 51.7 Å². The van der Waals surface area contributed by atoms with Crippen LogP contribution in [0.4, 0.5) is 5.95 Å². The summed E-state index contributed by atoms with van der Waals surface area (Å²) in [4.78, 5) is 18.9. The minimum Gasteiger partial charge on any atom is -0.367 e. The average Bonchev–Trinajstić information content (AvgIpc) is 3.19. The number of nitrogens with one attached hydrogen (secondary N) is 2. The van der Waals surface area contributed by atoms with E-state index < -0.39 is 0 Å². The molecule has 7 heteroatoms. The van der Waals surface area contributed by atoms with Crippen molar-refractivity contribution in [3.8, 4) is 0 Å². The van der Waals surface area contributed by atoms with Crippen molar-refractivity contribution in [1.82, 2.24) is 25.4 Å². The Labute approximate surface area is 131 Å². The van der Waals surface area contributed by atoms with Crippen molar-refractivity contribution < 1.29 is 4.79 Å². The highest BCUT2D eigenvalue weighted by Gasteiger charge is 2.30. The zero-order valence-corrected chi connectivity index (χ0v) is 13.1. The molecule has 2 heterocycles. The first kappa shape index (κ1) is 15.3. The van der Waals surface area contributed by atoms with Gasteiger partial charge in [0.05, 0.1) is 5.92 Å². The molecule has 1 aliphatic carbocycles. The molecule has 2 aliphatic rings. The zero-order chi connectivity index (χ0) is 15.4. The molecule has 2 fully saturated rings. The fourth-order valence-corrected chi connectivity index (χ4v) is 3.69. The molecule has 1 saturated heterocycles. The second-order valence-electron chi connectivity index (χ2n) is 6.45. The zero-order valence-electron chi connectivity index (χ0n) is 13.1. The highest BCUT2D eigenvalue weighted by atomic mass is 16.1. The van der Waals surface area contributed by atoms with Crippen LogP contribution in [0.3, 0.4) is 0 Å². The fourth-order valence-electron chi connectivity index (χ4n) is 3.69. The average molecular weight is 306 g/mol. The Balaban J connectivity index is 1.43. The molecule has 0 spiro atoms. The van der Waals surface area contributed by atoms with E-state index in [0.717, 1.165) is 25.9 Å². The molecular formula is C15H26N6O. The number of nitrogens with two attached hydrogens (primary N) is 1. The third kappa shape index (κ3) is 3.76. The van der Waals surface area contributed by atoms with Crippen LogP contribution in [0.5, 0.6) is 0 Å². The van der Waals surface area contributed by atoms with Crippen LogP contribution in [0.1, 0.15) is 44.3 Å². The molecule has 1 aromatic heterocycles. The van der Waals surface area contributed by atoms with Gasteiger partial charge in [-0.15, -0.1) is 5.10 Å². The van der Waals surface area contributed by atoms with Crippen molar-refractivity contribution in [2.45, 2.75) is 51.0 Å². The van der Waals surface area contributed by atoms with Gasteiger partial charge >= 0.3 is 0 Å². The topological polar surface area (TPSA) is 99.9 Å². The number of carbonyl (C=O) groups excluding carboxylic acids is 1. The number of rotatable bonds is 5. The quantitative estimate of drug-likeness (QED) is 0.743. The standard InChI is InChI=1S/C15H26N6O/c16-15-18-13(19-20-15)7-8-17-14(22)11-4-3-9-21(10-11)12-5-1-2-6-12/h11-12H,1-10H2,(H,17,22)(H3,16,18,19,20)/t11-/m1/s1. The number of piperidine rings is 1. The van der Waals surface area contributed by atoms with Gasteiger partial charge in [-0.2, -0.15) is 4.98 Å². The number of carbonyl (C=O) groups is 1. The third-order valence-electron chi connectivity index (χ3n) is 4.87. The number of aromatic nitrogens is 3. The molecule has 0 radical (unpaired) electrons. The summed E-state index contributed by atoms with van der Waals surface area (Å²) in [6.45, 7) is 2.66. The predicted molar refractivity (Wildman–Crippen MR) is 84.1 cm³/mol. The van der Waals surface area contributed by atoms with Crippen LogP contribution >= 0.6 is 0 Å². The molecule has 22 heavy (non-hydrogen) atoms. The maximum atomic E-state index is 12.3. The van der Waals surface area contributed by atoms with Gasteiger partial charge in [0.2, 0.25) is 11.9 Å². The van der Waals surface area contributed by atoms with Gasteiger partial charge < -0.3 is 11.1 Å². The summed E-state index contributed by atoms with van der Waals surface area (Å²) < 4.78 is 0. The summed E-state index contributed by atoms with van der Waals surface area (Å²) in [5.74, 6) is 1.28. The van der Waals surface area contributed by atoms with Crippen LogP contribution < -0.4 is 11.1 Å². The van der Waals surface area contributed by atoms with E-state index in [1.165, 1.54) is 25.7 Å². The lowest BCUT2D eigenvalue weighted by molar-refractivity contribution is -0.127. The lowest BCUT2D eigenvalue weighted by atomic mass is 9.95. The Bertz CT molecular complexity index is 496. The van der Waals surface area contributed by atoms with Crippen molar-refractivity contribution in [1.29, 1.82) is 0 Å². The number of nitrogens with zero attached hydrogens (tertiary/aromatic N) is 3. The Morgan fingerprint density at radius 2 is 2.14 bits per heavy atom. The number of hydrogen-bond donors (Lipinski definition) is 3. The maximum Gasteiger partial charge on any atom is 0.239 e. The minimum atomic E-state index is 0.133. The number of amides is 1. The van der Waals surface area contributed by atoms with Crippen molar-refractivity contribution in [3.05, 3.63) is 5.82 Å². The molecule has 1 aliphatic heterocycles. The van der Waals surface area contributed by atoms with E-state index >= 15 is 0 Å². The minimum absolute atomic E-state index is 0.133. The highest BCUT2D eigenvalue weighted by molar-refractivity contribution is 5.78. The van der Waals surface area contributed by atoms with E-state index in [4.69, 9.17) is 5.73 Å². The number of likely N-dealkylation sites (tertiary alicyclic amines) is 1. The van der Waals surface area contributed by atoms with Crippen molar-refractivity contribution >= 4 is 11.9 Å². The van der Waals surface area contributed by atoms with Gasteiger partial charge in [-0.1, -0.05) is 12.8 Å². The van der Waals surface area contributed by atoms with Gasteiger partial charge in [-0.25, -0.2) is 0 Å². The molecular weight excluding hydrogens is 280 g/mol. The Kier molecular flexibility index (Phi) is 4.92. The van der Waals surface area contributed by atoms with Crippen LogP contribution in [0, 0.1) is 5.92 Å². The molecule has 0 aromatic carbocycles. The Hall–Kier alpha value is -1.63. The van der Waals surface area contributed by atoms with Gasteiger partial charge in [0.1, 0.15) is 5.82 Å². The fraction of sp³-hybridized carbons (Fsp3) is 0.800.